The van der Waals surface area contributed by atoms with Gasteiger partial charge in [-0.3, -0.25) is 14.7 Å². The lowest BCUT2D eigenvalue weighted by molar-refractivity contribution is -0.159. The summed E-state index contributed by atoms with van der Waals surface area (Å²) in [5, 5.41) is 14.8. The number of carboxylic acids is 2. The fourth-order valence-corrected chi connectivity index (χ4v) is 2.34. The van der Waals surface area contributed by atoms with E-state index in [9.17, 15) is 4.79 Å². The first-order valence-corrected chi connectivity index (χ1v) is 7.68. The van der Waals surface area contributed by atoms with Crippen molar-refractivity contribution in [3.63, 3.8) is 0 Å². The van der Waals surface area contributed by atoms with Crippen molar-refractivity contribution in [1.82, 2.24) is 9.88 Å². The number of carboxylic acid groups (broad SMARTS) is 2. The molecule has 2 rings (SSSR count). The van der Waals surface area contributed by atoms with E-state index in [2.05, 4.69) is 16.0 Å². The smallest absolute Gasteiger partial charge is 0.414 e. The molecule has 0 aromatic carbocycles. The molecule has 0 atom stereocenters. The van der Waals surface area contributed by atoms with Gasteiger partial charge in [0, 0.05) is 18.9 Å². The third-order valence-electron chi connectivity index (χ3n) is 3.52. The van der Waals surface area contributed by atoms with Crippen LogP contribution < -0.4 is 0 Å². The van der Waals surface area contributed by atoms with E-state index >= 15 is 0 Å². The Kier molecular flexibility index (Phi) is 8.42. The highest BCUT2D eigenvalue weighted by Gasteiger charge is 2.25. The summed E-state index contributed by atoms with van der Waals surface area (Å²) >= 11 is 0. The molecule has 1 saturated heterocycles. The number of piperidine rings is 1. The molecule has 1 aliphatic rings. The summed E-state index contributed by atoms with van der Waals surface area (Å²) in [6.45, 7) is 5.17. The van der Waals surface area contributed by atoms with Gasteiger partial charge in [-0.15, -0.1) is 0 Å². The fourth-order valence-electron chi connectivity index (χ4n) is 2.34. The molecule has 1 aromatic rings. The van der Waals surface area contributed by atoms with Crippen LogP contribution in [0, 0.1) is 5.92 Å². The van der Waals surface area contributed by atoms with Crippen molar-refractivity contribution >= 4 is 17.9 Å². The van der Waals surface area contributed by atoms with Gasteiger partial charge >= 0.3 is 17.9 Å². The standard InChI is InChI=1S/C14H20N2O2.C2H2O4/c1-2-18-14(17)13-5-8-16(9-6-13)11-12-4-3-7-15-10-12;3-1(4)2(5)6/h3-4,7,10,13H,2,5-6,8-9,11H2,1H3;(H,3,4)(H,5,6). The van der Waals surface area contributed by atoms with Crippen LogP contribution in [-0.4, -0.2) is 57.7 Å². The Morgan fingerprint density at radius 1 is 1.25 bits per heavy atom. The first-order chi connectivity index (χ1) is 11.4. The monoisotopic (exact) mass is 338 g/mol. The van der Waals surface area contributed by atoms with E-state index in [0.717, 1.165) is 32.5 Å². The Balaban J connectivity index is 0.000000413. The second-order valence-corrected chi connectivity index (χ2v) is 5.27. The highest BCUT2D eigenvalue weighted by atomic mass is 16.5. The van der Waals surface area contributed by atoms with Crippen LogP contribution in [-0.2, 0) is 25.7 Å². The summed E-state index contributed by atoms with van der Waals surface area (Å²) in [4.78, 5) is 36.3. The zero-order valence-corrected chi connectivity index (χ0v) is 13.6. The molecule has 1 aliphatic heterocycles. The molecule has 8 heteroatoms. The van der Waals surface area contributed by atoms with Crippen LogP contribution in [0.15, 0.2) is 24.5 Å². The predicted molar refractivity (Wildman–Crippen MR) is 84.1 cm³/mol. The minimum atomic E-state index is -1.82. The fraction of sp³-hybridized carbons (Fsp3) is 0.500. The normalized spacial score (nSPS) is 15.0. The number of carbonyl (C=O) groups excluding carboxylic acids is 1. The molecule has 132 valence electrons. The topological polar surface area (TPSA) is 117 Å². The molecule has 0 amide bonds. The SMILES string of the molecule is CCOC(=O)C1CCN(Cc2cccnc2)CC1.O=C(O)C(=O)O. The van der Waals surface area contributed by atoms with E-state index in [1.807, 2.05) is 19.2 Å². The number of esters is 1. The first-order valence-electron chi connectivity index (χ1n) is 7.68. The van der Waals surface area contributed by atoms with Crippen LogP contribution in [0.2, 0.25) is 0 Å². The van der Waals surface area contributed by atoms with Crippen molar-refractivity contribution in [2.75, 3.05) is 19.7 Å². The quantitative estimate of drug-likeness (QED) is 0.617. The molecule has 0 saturated carbocycles. The Bertz CT molecular complexity index is 529. The molecule has 0 aliphatic carbocycles. The Hall–Kier alpha value is -2.48. The lowest BCUT2D eigenvalue weighted by Crippen LogP contribution is -2.36. The largest absolute Gasteiger partial charge is 0.473 e. The molecule has 8 nitrogen and oxygen atoms in total. The van der Waals surface area contributed by atoms with E-state index in [1.165, 1.54) is 5.56 Å². The number of hydrogen-bond acceptors (Lipinski definition) is 6. The number of rotatable bonds is 4. The van der Waals surface area contributed by atoms with E-state index in [1.54, 1.807) is 6.20 Å². The van der Waals surface area contributed by atoms with Gasteiger partial charge in [-0.25, -0.2) is 9.59 Å². The minimum absolute atomic E-state index is 0.0291. The van der Waals surface area contributed by atoms with Gasteiger partial charge in [0.15, 0.2) is 0 Å². The van der Waals surface area contributed by atoms with E-state index in [0.29, 0.717) is 6.61 Å². The number of aromatic nitrogens is 1. The summed E-state index contributed by atoms with van der Waals surface area (Å²) in [6.07, 6.45) is 5.49. The predicted octanol–water partition coefficient (Wildman–Crippen LogP) is 1.01. The van der Waals surface area contributed by atoms with Crippen LogP contribution in [0.1, 0.15) is 25.3 Å². The summed E-state index contributed by atoms with van der Waals surface area (Å²) in [5.41, 5.74) is 1.23. The highest BCUT2D eigenvalue weighted by molar-refractivity contribution is 6.27. The van der Waals surface area contributed by atoms with Crippen molar-refractivity contribution in [2.24, 2.45) is 5.92 Å². The maximum atomic E-state index is 11.6. The lowest BCUT2D eigenvalue weighted by atomic mass is 9.97. The summed E-state index contributed by atoms with van der Waals surface area (Å²) in [7, 11) is 0. The van der Waals surface area contributed by atoms with Crippen LogP contribution in [0.4, 0.5) is 0 Å². The van der Waals surface area contributed by atoms with Gasteiger partial charge in [0.25, 0.3) is 0 Å². The number of carbonyl (C=O) groups is 3. The van der Waals surface area contributed by atoms with Crippen molar-refractivity contribution in [2.45, 2.75) is 26.3 Å². The highest BCUT2D eigenvalue weighted by Crippen LogP contribution is 2.20. The maximum absolute atomic E-state index is 11.6. The zero-order valence-electron chi connectivity index (χ0n) is 13.6. The number of aliphatic carboxylic acids is 2. The Labute approximate surface area is 140 Å². The van der Waals surface area contributed by atoms with E-state index < -0.39 is 11.9 Å². The second kappa shape index (κ2) is 10.3. The van der Waals surface area contributed by atoms with Crippen LogP contribution in [0.5, 0.6) is 0 Å². The molecular formula is C16H22N2O6. The van der Waals surface area contributed by atoms with Crippen molar-refractivity contribution in [3.8, 4) is 0 Å². The van der Waals surface area contributed by atoms with Crippen LogP contribution in [0.25, 0.3) is 0 Å². The number of pyridine rings is 1. The Morgan fingerprint density at radius 3 is 2.33 bits per heavy atom. The molecule has 1 aromatic heterocycles. The van der Waals surface area contributed by atoms with Gasteiger partial charge in [0.1, 0.15) is 0 Å². The van der Waals surface area contributed by atoms with Gasteiger partial charge in [0.2, 0.25) is 0 Å². The second-order valence-electron chi connectivity index (χ2n) is 5.27. The molecule has 0 bridgehead atoms. The van der Waals surface area contributed by atoms with Gasteiger partial charge < -0.3 is 14.9 Å². The van der Waals surface area contributed by atoms with Crippen molar-refractivity contribution in [1.29, 1.82) is 0 Å². The van der Waals surface area contributed by atoms with Crippen molar-refractivity contribution in [3.05, 3.63) is 30.1 Å². The summed E-state index contributed by atoms with van der Waals surface area (Å²) < 4.78 is 5.07. The number of likely N-dealkylation sites (tertiary alicyclic amines) is 1. The van der Waals surface area contributed by atoms with Crippen molar-refractivity contribution < 1.29 is 29.3 Å². The van der Waals surface area contributed by atoms with Crippen LogP contribution in [0.3, 0.4) is 0 Å². The number of hydrogen-bond donors (Lipinski definition) is 2. The first kappa shape index (κ1) is 19.6. The minimum Gasteiger partial charge on any atom is -0.473 e. The van der Waals surface area contributed by atoms with Gasteiger partial charge in [-0.1, -0.05) is 6.07 Å². The van der Waals surface area contributed by atoms with E-state index in [-0.39, 0.29) is 11.9 Å². The molecule has 24 heavy (non-hydrogen) atoms. The third kappa shape index (κ3) is 7.19. The zero-order chi connectivity index (χ0) is 17.9. The van der Waals surface area contributed by atoms with Gasteiger partial charge in [0.05, 0.1) is 12.5 Å². The average molecular weight is 338 g/mol. The molecular weight excluding hydrogens is 316 g/mol. The molecule has 2 heterocycles. The molecule has 2 N–H and O–H groups in total. The molecule has 1 fully saturated rings. The Morgan fingerprint density at radius 2 is 1.88 bits per heavy atom. The third-order valence-corrected chi connectivity index (χ3v) is 3.52. The molecule has 0 radical (unpaired) electrons. The number of nitrogens with zero attached hydrogens (tertiary/aromatic N) is 2. The lowest BCUT2D eigenvalue weighted by Gasteiger charge is -2.30. The molecule has 0 spiro atoms. The van der Waals surface area contributed by atoms with Crippen LogP contribution >= 0.6 is 0 Å². The molecule has 0 unspecified atom stereocenters. The summed E-state index contributed by atoms with van der Waals surface area (Å²) in [6, 6.07) is 4.05. The summed E-state index contributed by atoms with van der Waals surface area (Å²) in [5.74, 6) is -3.58. The van der Waals surface area contributed by atoms with E-state index in [4.69, 9.17) is 24.5 Å². The average Bonchev–Trinajstić information content (AvgIpc) is 2.57. The number of ether oxygens (including phenoxy) is 1. The maximum Gasteiger partial charge on any atom is 0.414 e. The van der Waals surface area contributed by atoms with Gasteiger partial charge in [-0.2, -0.15) is 0 Å². The van der Waals surface area contributed by atoms with Gasteiger partial charge in [-0.05, 0) is 44.5 Å².